The Morgan fingerprint density at radius 1 is 1.27 bits per heavy atom. The number of hydrogen-bond donors (Lipinski definition) is 1. The topological polar surface area (TPSA) is 84.6 Å². The van der Waals surface area contributed by atoms with E-state index in [-0.39, 0.29) is 11.6 Å². The maximum absolute atomic E-state index is 12.2. The van der Waals surface area contributed by atoms with E-state index in [4.69, 9.17) is 0 Å². The zero-order valence-corrected chi connectivity index (χ0v) is 15.2. The van der Waals surface area contributed by atoms with Gasteiger partial charge in [-0.3, -0.25) is 14.9 Å². The molecule has 0 unspecified atom stereocenters. The quantitative estimate of drug-likeness (QED) is 0.494. The van der Waals surface area contributed by atoms with Crippen LogP contribution >= 0.6 is 11.8 Å². The number of carbonyl (C=O) groups is 1. The minimum Gasteiger partial charge on any atom is -0.300 e. The van der Waals surface area contributed by atoms with Gasteiger partial charge in [-0.1, -0.05) is 31.2 Å². The number of hydrogen-bond acceptors (Lipinski definition) is 5. The second kappa shape index (κ2) is 7.53. The van der Waals surface area contributed by atoms with Crippen LogP contribution < -0.4 is 5.32 Å². The van der Waals surface area contributed by atoms with Gasteiger partial charge in [0.25, 0.3) is 11.6 Å². The summed E-state index contributed by atoms with van der Waals surface area (Å²) in [6.45, 7) is 3.84. The molecule has 0 saturated carbocycles. The van der Waals surface area contributed by atoms with E-state index >= 15 is 0 Å². The molecule has 1 saturated heterocycles. The molecule has 132 valence electrons. The summed E-state index contributed by atoms with van der Waals surface area (Å²) in [4.78, 5) is 27.9. The molecule has 1 N–H and O–H groups in total. The second-order valence-electron chi connectivity index (χ2n) is 5.82. The lowest BCUT2D eigenvalue weighted by atomic mass is 10.1. The Labute approximate surface area is 155 Å². The summed E-state index contributed by atoms with van der Waals surface area (Å²) in [7, 11) is 0. The van der Waals surface area contributed by atoms with Crippen molar-refractivity contribution in [2.45, 2.75) is 20.3 Å². The lowest BCUT2D eigenvalue weighted by Gasteiger charge is -2.01. The number of nitrogens with one attached hydrogen (secondary N) is 1. The summed E-state index contributed by atoms with van der Waals surface area (Å²) in [5.74, 6) is -0.261. The summed E-state index contributed by atoms with van der Waals surface area (Å²) >= 11 is 1.22. The van der Waals surface area contributed by atoms with Gasteiger partial charge in [0, 0.05) is 11.6 Å². The number of amidine groups is 1. The summed E-state index contributed by atoms with van der Waals surface area (Å²) in [5.41, 5.74) is 3.20. The molecule has 0 spiro atoms. The highest BCUT2D eigenvalue weighted by Crippen LogP contribution is 2.29. The van der Waals surface area contributed by atoms with E-state index in [1.54, 1.807) is 18.2 Å². The van der Waals surface area contributed by atoms with Crippen molar-refractivity contribution in [3.05, 3.63) is 74.2 Å². The van der Waals surface area contributed by atoms with Gasteiger partial charge in [0.05, 0.1) is 15.5 Å². The smallest absolute Gasteiger partial charge is 0.273 e. The molecule has 7 heteroatoms. The van der Waals surface area contributed by atoms with Gasteiger partial charge < -0.3 is 5.32 Å². The largest absolute Gasteiger partial charge is 0.300 e. The molecule has 1 amide bonds. The van der Waals surface area contributed by atoms with Crippen molar-refractivity contribution < 1.29 is 9.72 Å². The molecule has 2 aromatic carbocycles. The minimum absolute atomic E-state index is 0.0684. The fourth-order valence-electron chi connectivity index (χ4n) is 2.59. The lowest BCUT2D eigenvalue weighted by molar-refractivity contribution is -0.385. The number of nitrogens with zero attached hydrogens (tertiary/aromatic N) is 2. The average Bonchev–Trinajstić information content (AvgIpc) is 2.94. The zero-order chi connectivity index (χ0) is 18.7. The summed E-state index contributed by atoms with van der Waals surface area (Å²) in [6.07, 6.45) is 2.22. The van der Waals surface area contributed by atoms with Crippen molar-refractivity contribution >= 4 is 40.3 Å². The van der Waals surface area contributed by atoms with Gasteiger partial charge in [-0.15, -0.1) is 0 Å². The summed E-state index contributed by atoms with van der Waals surface area (Å²) < 4.78 is 0. The first-order chi connectivity index (χ1) is 12.5. The second-order valence-corrected chi connectivity index (χ2v) is 6.85. The van der Waals surface area contributed by atoms with Crippen LogP contribution in [-0.2, 0) is 11.2 Å². The van der Waals surface area contributed by atoms with E-state index in [0.29, 0.717) is 27.6 Å². The highest BCUT2D eigenvalue weighted by atomic mass is 32.2. The molecule has 1 aliphatic heterocycles. The first-order valence-corrected chi connectivity index (χ1v) is 8.91. The molecule has 26 heavy (non-hydrogen) atoms. The first kappa shape index (κ1) is 17.9. The third-order valence-corrected chi connectivity index (χ3v) is 4.78. The van der Waals surface area contributed by atoms with Gasteiger partial charge in [0.1, 0.15) is 0 Å². The Balaban J connectivity index is 1.87. The predicted molar refractivity (Wildman–Crippen MR) is 104 cm³/mol. The van der Waals surface area contributed by atoms with Crippen LogP contribution in [0.4, 0.5) is 11.4 Å². The molecule has 2 aromatic rings. The number of nitro groups is 1. The molecule has 0 radical (unpaired) electrons. The highest BCUT2D eigenvalue weighted by Gasteiger charge is 2.24. The summed E-state index contributed by atoms with van der Waals surface area (Å²) in [5, 5.41) is 14.4. The number of amides is 1. The maximum atomic E-state index is 12.2. The van der Waals surface area contributed by atoms with E-state index in [9.17, 15) is 14.9 Å². The highest BCUT2D eigenvalue weighted by molar-refractivity contribution is 8.18. The van der Waals surface area contributed by atoms with E-state index in [2.05, 4.69) is 10.3 Å². The Kier molecular flexibility index (Phi) is 5.18. The molecule has 1 aliphatic rings. The van der Waals surface area contributed by atoms with Crippen LogP contribution in [0.3, 0.4) is 0 Å². The zero-order valence-electron chi connectivity index (χ0n) is 14.4. The van der Waals surface area contributed by atoms with E-state index < -0.39 is 4.92 Å². The number of benzene rings is 2. The number of aliphatic imine (C=N–C) groups is 1. The lowest BCUT2D eigenvalue weighted by Crippen LogP contribution is -2.19. The number of thioether (sulfide) groups is 1. The van der Waals surface area contributed by atoms with Crippen LogP contribution in [0.25, 0.3) is 6.08 Å². The standard InChI is InChI=1S/C19H17N3O3S/c1-3-14-8-7-13(10-16(14)22(24)25)11-17-18(23)21-19(26-17)20-15-6-4-5-12(2)9-15/h4-11H,3H2,1-2H3,(H,20,21,23). The molecule has 3 rings (SSSR count). The van der Waals surface area contributed by atoms with Crippen LogP contribution in [0.15, 0.2) is 52.4 Å². The first-order valence-electron chi connectivity index (χ1n) is 8.10. The number of aryl methyl sites for hydroxylation is 2. The van der Waals surface area contributed by atoms with Gasteiger partial charge in [-0.25, -0.2) is 4.99 Å². The fraction of sp³-hybridized carbons (Fsp3) is 0.158. The molecule has 0 aromatic heterocycles. The maximum Gasteiger partial charge on any atom is 0.273 e. The van der Waals surface area contributed by atoms with Crippen LogP contribution in [0.1, 0.15) is 23.6 Å². The molecule has 1 fully saturated rings. The SMILES string of the molecule is CCc1ccc(C=C2SC(=Nc3cccc(C)c3)NC2=O)cc1[N+](=O)[O-]. The molecule has 1 heterocycles. The molecule has 6 nitrogen and oxygen atoms in total. The van der Waals surface area contributed by atoms with Crippen molar-refractivity contribution in [3.63, 3.8) is 0 Å². The van der Waals surface area contributed by atoms with E-state index in [1.807, 2.05) is 38.1 Å². The number of carbonyl (C=O) groups excluding carboxylic acids is 1. The van der Waals surface area contributed by atoms with E-state index in [1.165, 1.54) is 17.8 Å². The monoisotopic (exact) mass is 367 g/mol. The van der Waals surface area contributed by atoms with Crippen molar-refractivity contribution in [2.24, 2.45) is 4.99 Å². The van der Waals surface area contributed by atoms with Crippen molar-refractivity contribution in [1.82, 2.24) is 5.32 Å². The molecular weight excluding hydrogens is 350 g/mol. The van der Waals surface area contributed by atoms with Crippen LogP contribution in [0, 0.1) is 17.0 Å². The minimum atomic E-state index is -0.396. The van der Waals surface area contributed by atoms with Crippen molar-refractivity contribution in [1.29, 1.82) is 0 Å². The summed E-state index contributed by atoms with van der Waals surface area (Å²) in [6, 6.07) is 12.7. The molecule has 0 aliphatic carbocycles. The normalized spacial score (nSPS) is 16.9. The molecule has 0 atom stereocenters. The predicted octanol–water partition coefficient (Wildman–Crippen LogP) is 4.36. The Morgan fingerprint density at radius 2 is 2.08 bits per heavy atom. The Bertz CT molecular complexity index is 951. The van der Waals surface area contributed by atoms with Crippen LogP contribution in [0.2, 0.25) is 0 Å². The third-order valence-electron chi connectivity index (χ3n) is 3.87. The van der Waals surface area contributed by atoms with Crippen LogP contribution in [-0.4, -0.2) is 16.0 Å². The van der Waals surface area contributed by atoms with Crippen molar-refractivity contribution in [2.75, 3.05) is 0 Å². The Hall–Kier alpha value is -2.93. The van der Waals surface area contributed by atoms with Crippen molar-refractivity contribution in [3.8, 4) is 0 Å². The van der Waals surface area contributed by atoms with Gasteiger partial charge in [-0.05, 0) is 54.4 Å². The van der Waals surface area contributed by atoms with Gasteiger partial charge in [0.15, 0.2) is 5.17 Å². The fourth-order valence-corrected chi connectivity index (χ4v) is 3.43. The Morgan fingerprint density at radius 3 is 2.77 bits per heavy atom. The average molecular weight is 367 g/mol. The molecule has 0 bridgehead atoms. The number of nitro benzene ring substituents is 1. The molecular formula is C19H17N3O3S. The number of rotatable bonds is 4. The van der Waals surface area contributed by atoms with Gasteiger partial charge in [-0.2, -0.15) is 0 Å². The van der Waals surface area contributed by atoms with E-state index in [0.717, 1.165) is 11.3 Å². The van der Waals surface area contributed by atoms with Crippen LogP contribution in [0.5, 0.6) is 0 Å². The third kappa shape index (κ3) is 4.00. The van der Waals surface area contributed by atoms with Gasteiger partial charge >= 0.3 is 0 Å². The van der Waals surface area contributed by atoms with Gasteiger partial charge in [0.2, 0.25) is 0 Å².